The summed E-state index contributed by atoms with van der Waals surface area (Å²) in [4.78, 5) is 21.2. The maximum absolute atomic E-state index is 12.1. The summed E-state index contributed by atoms with van der Waals surface area (Å²) >= 11 is 1.38. The largest absolute Gasteiger partial charge is 0.351 e. The van der Waals surface area contributed by atoms with E-state index in [0.717, 1.165) is 36.8 Å². The van der Waals surface area contributed by atoms with Crippen LogP contribution < -0.4 is 10.6 Å². The van der Waals surface area contributed by atoms with Crippen molar-refractivity contribution in [2.45, 2.75) is 12.8 Å². The monoisotopic (exact) mass is 302 g/mol. The molecule has 1 saturated heterocycles. The van der Waals surface area contributed by atoms with E-state index in [9.17, 15) is 4.79 Å². The summed E-state index contributed by atoms with van der Waals surface area (Å²) in [6.45, 7) is 2.89. The Labute approximate surface area is 127 Å². The van der Waals surface area contributed by atoms with Crippen LogP contribution in [-0.4, -0.2) is 35.5 Å². The van der Waals surface area contributed by atoms with Crippen molar-refractivity contribution in [2.24, 2.45) is 5.92 Å². The first kappa shape index (κ1) is 14.2. The lowest BCUT2D eigenvalue weighted by Gasteiger charge is -2.08. The average Bonchev–Trinajstić information content (AvgIpc) is 3.20. The van der Waals surface area contributed by atoms with Crippen LogP contribution in [0.5, 0.6) is 0 Å². The molecule has 0 aliphatic carbocycles. The highest BCUT2D eigenvalue weighted by molar-refractivity contribution is 7.16. The summed E-state index contributed by atoms with van der Waals surface area (Å²) in [5.41, 5.74) is 0.804. The van der Waals surface area contributed by atoms with Gasteiger partial charge in [-0.3, -0.25) is 9.78 Å². The van der Waals surface area contributed by atoms with Gasteiger partial charge in [-0.15, -0.1) is 11.3 Å². The Morgan fingerprint density at radius 1 is 1.43 bits per heavy atom. The van der Waals surface area contributed by atoms with Crippen molar-refractivity contribution in [3.63, 3.8) is 0 Å². The number of pyridine rings is 1. The van der Waals surface area contributed by atoms with Gasteiger partial charge in [0.15, 0.2) is 0 Å². The van der Waals surface area contributed by atoms with Crippen LogP contribution in [0.4, 0.5) is 0 Å². The standard InChI is InChI=1S/C15H18N4OS/c20-14(18-8-5-11-4-7-16-9-11)13-10-19-15(21-13)12-3-1-2-6-17-12/h1-3,6,10-11,16H,4-5,7-9H2,(H,18,20). The molecule has 21 heavy (non-hydrogen) atoms. The molecule has 2 aromatic heterocycles. The smallest absolute Gasteiger partial charge is 0.263 e. The third kappa shape index (κ3) is 3.65. The van der Waals surface area contributed by atoms with Crippen LogP contribution in [0.15, 0.2) is 30.6 Å². The summed E-state index contributed by atoms with van der Waals surface area (Å²) in [6, 6.07) is 5.68. The number of thiazole rings is 1. The van der Waals surface area contributed by atoms with Crippen LogP contribution >= 0.6 is 11.3 Å². The summed E-state index contributed by atoms with van der Waals surface area (Å²) in [7, 11) is 0. The lowest BCUT2D eigenvalue weighted by atomic mass is 10.1. The predicted molar refractivity (Wildman–Crippen MR) is 83.3 cm³/mol. The van der Waals surface area contributed by atoms with Crippen LogP contribution in [0.1, 0.15) is 22.5 Å². The molecule has 5 nitrogen and oxygen atoms in total. The molecule has 0 bridgehead atoms. The average molecular weight is 302 g/mol. The molecular formula is C15H18N4OS. The van der Waals surface area contributed by atoms with Crippen molar-refractivity contribution in [3.05, 3.63) is 35.5 Å². The van der Waals surface area contributed by atoms with Gasteiger partial charge in [0.05, 0.1) is 11.9 Å². The molecule has 1 aliphatic rings. The molecule has 0 radical (unpaired) electrons. The third-order valence-corrected chi connectivity index (χ3v) is 4.63. The minimum Gasteiger partial charge on any atom is -0.351 e. The first-order valence-corrected chi connectivity index (χ1v) is 8.01. The Morgan fingerprint density at radius 3 is 3.14 bits per heavy atom. The van der Waals surface area contributed by atoms with E-state index >= 15 is 0 Å². The number of hydrogen-bond acceptors (Lipinski definition) is 5. The van der Waals surface area contributed by atoms with Gasteiger partial charge in [-0.05, 0) is 44.0 Å². The summed E-state index contributed by atoms with van der Waals surface area (Å²) in [6.07, 6.45) is 5.60. The number of nitrogens with zero attached hydrogens (tertiary/aromatic N) is 2. The van der Waals surface area contributed by atoms with Crippen LogP contribution in [0.3, 0.4) is 0 Å². The third-order valence-electron chi connectivity index (χ3n) is 3.61. The fourth-order valence-electron chi connectivity index (χ4n) is 2.42. The van der Waals surface area contributed by atoms with Gasteiger partial charge >= 0.3 is 0 Å². The fraction of sp³-hybridized carbons (Fsp3) is 0.400. The Balaban J connectivity index is 1.54. The number of carbonyl (C=O) groups excluding carboxylic acids is 1. The van der Waals surface area contributed by atoms with E-state index in [0.29, 0.717) is 10.8 Å². The first-order valence-electron chi connectivity index (χ1n) is 7.19. The van der Waals surface area contributed by atoms with Crippen molar-refractivity contribution in [1.82, 2.24) is 20.6 Å². The van der Waals surface area contributed by atoms with Crippen LogP contribution in [-0.2, 0) is 0 Å². The Bertz CT molecular complexity index is 593. The lowest BCUT2D eigenvalue weighted by Crippen LogP contribution is -2.25. The van der Waals surface area contributed by atoms with E-state index in [4.69, 9.17) is 0 Å². The normalized spacial score (nSPS) is 17.8. The molecule has 0 spiro atoms. The molecule has 1 aliphatic heterocycles. The summed E-state index contributed by atoms with van der Waals surface area (Å²) < 4.78 is 0. The van der Waals surface area contributed by atoms with Crippen molar-refractivity contribution in [1.29, 1.82) is 0 Å². The van der Waals surface area contributed by atoms with E-state index in [1.165, 1.54) is 17.8 Å². The van der Waals surface area contributed by atoms with Gasteiger partial charge in [-0.2, -0.15) is 0 Å². The molecule has 2 N–H and O–H groups in total. The fourth-order valence-corrected chi connectivity index (χ4v) is 3.23. The van der Waals surface area contributed by atoms with Crippen LogP contribution in [0.25, 0.3) is 10.7 Å². The molecule has 3 heterocycles. The number of nitrogens with one attached hydrogen (secondary N) is 2. The van der Waals surface area contributed by atoms with Gasteiger partial charge in [0.25, 0.3) is 5.91 Å². The molecular weight excluding hydrogens is 284 g/mol. The summed E-state index contributed by atoms with van der Waals surface area (Å²) in [5.74, 6) is 0.650. The van der Waals surface area contributed by atoms with Crippen LogP contribution in [0.2, 0.25) is 0 Å². The van der Waals surface area contributed by atoms with E-state index in [1.807, 2.05) is 18.2 Å². The van der Waals surface area contributed by atoms with Crippen molar-refractivity contribution in [2.75, 3.05) is 19.6 Å². The minimum absolute atomic E-state index is 0.0411. The zero-order chi connectivity index (χ0) is 14.5. The zero-order valence-corrected chi connectivity index (χ0v) is 12.5. The molecule has 1 atom stereocenters. The second-order valence-electron chi connectivity index (χ2n) is 5.15. The predicted octanol–water partition coefficient (Wildman–Crippen LogP) is 1.93. The number of hydrogen-bond donors (Lipinski definition) is 2. The van der Waals surface area contributed by atoms with Gasteiger partial charge in [0.1, 0.15) is 9.88 Å². The zero-order valence-electron chi connectivity index (χ0n) is 11.7. The molecule has 110 valence electrons. The minimum atomic E-state index is -0.0411. The van der Waals surface area contributed by atoms with Gasteiger partial charge in [0.2, 0.25) is 0 Å². The highest BCUT2D eigenvalue weighted by atomic mass is 32.1. The number of carbonyl (C=O) groups is 1. The van der Waals surface area contributed by atoms with E-state index in [2.05, 4.69) is 20.6 Å². The Morgan fingerprint density at radius 2 is 2.38 bits per heavy atom. The molecule has 3 rings (SSSR count). The highest BCUT2D eigenvalue weighted by Crippen LogP contribution is 2.22. The number of amides is 1. The maximum atomic E-state index is 12.1. The van der Waals surface area contributed by atoms with Gasteiger partial charge in [-0.25, -0.2) is 4.98 Å². The van der Waals surface area contributed by atoms with Gasteiger partial charge < -0.3 is 10.6 Å². The maximum Gasteiger partial charge on any atom is 0.263 e. The van der Waals surface area contributed by atoms with E-state index < -0.39 is 0 Å². The Hall–Kier alpha value is -1.79. The molecule has 6 heteroatoms. The quantitative estimate of drug-likeness (QED) is 0.886. The van der Waals surface area contributed by atoms with Crippen molar-refractivity contribution >= 4 is 17.2 Å². The molecule has 2 aromatic rings. The highest BCUT2D eigenvalue weighted by Gasteiger charge is 2.15. The lowest BCUT2D eigenvalue weighted by molar-refractivity contribution is 0.0955. The van der Waals surface area contributed by atoms with E-state index in [1.54, 1.807) is 12.4 Å². The molecule has 1 fully saturated rings. The topological polar surface area (TPSA) is 66.9 Å². The molecule has 1 unspecified atom stereocenters. The second-order valence-corrected chi connectivity index (χ2v) is 6.18. The van der Waals surface area contributed by atoms with E-state index in [-0.39, 0.29) is 5.91 Å². The van der Waals surface area contributed by atoms with Crippen LogP contribution in [0, 0.1) is 5.92 Å². The second kappa shape index (κ2) is 6.78. The van der Waals surface area contributed by atoms with Crippen molar-refractivity contribution < 1.29 is 4.79 Å². The first-order chi connectivity index (χ1) is 10.3. The Kier molecular flexibility index (Phi) is 4.57. The number of aromatic nitrogens is 2. The SMILES string of the molecule is O=C(NCCC1CCNC1)c1cnc(-c2ccccn2)s1. The van der Waals surface area contributed by atoms with Gasteiger partial charge in [-0.1, -0.05) is 6.07 Å². The molecule has 0 saturated carbocycles. The van der Waals surface area contributed by atoms with Crippen molar-refractivity contribution in [3.8, 4) is 10.7 Å². The molecule has 0 aromatic carbocycles. The molecule has 1 amide bonds. The summed E-state index contributed by atoms with van der Waals surface area (Å²) in [5, 5.41) is 7.09. The van der Waals surface area contributed by atoms with Gasteiger partial charge in [0, 0.05) is 12.7 Å². The number of rotatable bonds is 5.